The van der Waals surface area contributed by atoms with Gasteiger partial charge >= 0.3 is 21.7 Å². The van der Waals surface area contributed by atoms with E-state index in [0.717, 1.165) is 77.0 Å². The van der Waals surface area contributed by atoms with Crippen molar-refractivity contribution < 1.29 is 70.7 Å². The molecule has 0 spiro atoms. The fraction of sp³-hybridized carbons (Fsp3) is 0.842. The molecule has 0 saturated carbocycles. The number of hydrogen-bond donors (Lipinski definition) is 0. The van der Waals surface area contributed by atoms with Crippen LogP contribution < -0.4 is 20.4 Å². The smallest absolute Gasteiger partial charge is 0.852 e. The molecule has 3 heterocycles. The summed E-state index contributed by atoms with van der Waals surface area (Å²) in [4.78, 5) is 30.7. The quantitative estimate of drug-likeness (QED) is 0.0247. The molecule has 0 aromatic carbocycles. The SMILES string of the molecule is CC(C)[O-].CCCCCCC1OC1C=CCCCCCCCC(=O)[O-].CCCCCCC1OC1C=CCCCCCCCC(=O)[O-].CCCCCCC1OC1C=CCCCCCCCC(=O)[O-].[Ti+4]. The first-order valence-corrected chi connectivity index (χ1v) is 27.7. The van der Waals surface area contributed by atoms with Crippen LogP contribution in [-0.4, -0.2) is 60.6 Å². The van der Waals surface area contributed by atoms with Crippen molar-refractivity contribution in [3.63, 3.8) is 0 Å². The van der Waals surface area contributed by atoms with Gasteiger partial charge in [0.2, 0.25) is 0 Å². The van der Waals surface area contributed by atoms with Gasteiger partial charge in [-0.1, -0.05) is 206 Å². The number of carbonyl (C=O) groups excluding carboxylic acids is 3. The molecule has 10 nitrogen and oxygen atoms in total. The van der Waals surface area contributed by atoms with Gasteiger partial charge < -0.3 is 49.0 Å². The van der Waals surface area contributed by atoms with Crippen molar-refractivity contribution in [1.82, 2.24) is 0 Å². The van der Waals surface area contributed by atoms with E-state index in [1.807, 2.05) is 0 Å². The molecule has 0 aromatic heterocycles. The summed E-state index contributed by atoms with van der Waals surface area (Å²) in [6.07, 6.45) is 54.8. The van der Waals surface area contributed by atoms with E-state index in [4.69, 9.17) is 14.2 Å². The zero-order valence-corrected chi connectivity index (χ0v) is 45.6. The van der Waals surface area contributed by atoms with Gasteiger partial charge in [-0.25, -0.2) is 0 Å². The number of aliphatic carboxylic acids is 3. The van der Waals surface area contributed by atoms with E-state index in [-0.39, 0.29) is 41.0 Å². The number of carbonyl (C=O) groups is 3. The van der Waals surface area contributed by atoms with Gasteiger partial charge in [0.1, 0.15) is 18.3 Å². The fourth-order valence-electron chi connectivity index (χ4n) is 7.87. The zero-order valence-electron chi connectivity index (χ0n) is 44.0. The van der Waals surface area contributed by atoms with Crippen molar-refractivity contribution >= 4 is 17.9 Å². The van der Waals surface area contributed by atoms with Crippen LogP contribution in [0.3, 0.4) is 0 Å². The number of epoxide rings is 3. The minimum atomic E-state index is -0.924. The van der Waals surface area contributed by atoms with E-state index in [2.05, 4.69) is 57.2 Å². The van der Waals surface area contributed by atoms with E-state index in [9.17, 15) is 34.8 Å². The third-order valence-electron chi connectivity index (χ3n) is 12.1. The molecule has 68 heavy (non-hydrogen) atoms. The maximum atomic E-state index is 10.2. The Morgan fingerprint density at radius 2 is 0.618 bits per heavy atom. The molecule has 392 valence electrons. The van der Waals surface area contributed by atoms with Gasteiger partial charge in [-0.15, -0.1) is 6.10 Å². The van der Waals surface area contributed by atoms with Crippen molar-refractivity contribution in [3.8, 4) is 0 Å². The van der Waals surface area contributed by atoms with Crippen LogP contribution >= 0.6 is 0 Å². The van der Waals surface area contributed by atoms with Gasteiger partial charge in [0, 0.05) is 17.9 Å². The summed E-state index contributed by atoms with van der Waals surface area (Å²) in [6, 6.07) is 0. The number of rotatable bonds is 42. The van der Waals surface area contributed by atoms with E-state index < -0.39 is 24.0 Å². The summed E-state index contributed by atoms with van der Waals surface area (Å²) in [6.45, 7) is 9.94. The summed E-state index contributed by atoms with van der Waals surface area (Å²) in [5.74, 6) is -2.77. The van der Waals surface area contributed by atoms with Crippen LogP contribution in [-0.2, 0) is 50.3 Å². The monoisotopic (exact) mass is 993 g/mol. The van der Waals surface area contributed by atoms with E-state index in [1.54, 1.807) is 13.8 Å². The average Bonchev–Trinajstić information content (AvgIpc) is 4.22. The number of hydrogen-bond acceptors (Lipinski definition) is 10. The Morgan fingerprint density at radius 3 is 0.853 bits per heavy atom. The average molecular weight is 993 g/mol. The van der Waals surface area contributed by atoms with Gasteiger partial charge in [-0.05, 0) is 96.3 Å². The Kier molecular flexibility index (Phi) is 50.3. The largest absolute Gasteiger partial charge is 4.00 e. The molecular formula is C57H100O10Ti. The van der Waals surface area contributed by atoms with Crippen LogP contribution in [0.1, 0.15) is 266 Å². The van der Waals surface area contributed by atoms with E-state index >= 15 is 0 Å². The molecule has 3 aliphatic rings. The molecule has 0 radical (unpaired) electrons. The van der Waals surface area contributed by atoms with Crippen LogP contribution in [0.15, 0.2) is 36.5 Å². The summed E-state index contributed by atoms with van der Waals surface area (Å²) in [7, 11) is 0. The van der Waals surface area contributed by atoms with Gasteiger partial charge in [-0.2, -0.15) is 0 Å². The summed E-state index contributed by atoms with van der Waals surface area (Å²) in [5, 5.41) is 40.2. The molecule has 0 N–H and O–H groups in total. The first-order valence-electron chi connectivity index (χ1n) is 27.7. The van der Waals surface area contributed by atoms with Gasteiger partial charge in [0.25, 0.3) is 0 Å². The van der Waals surface area contributed by atoms with Crippen molar-refractivity contribution in [2.24, 2.45) is 0 Å². The predicted molar refractivity (Wildman–Crippen MR) is 267 cm³/mol. The minimum absolute atomic E-state index is 0. The van der Waals surface area contributed by atoms with Crippen molar-refractivity contribution in [2.45, 2.75) is 308 Å². The molecule has 0 amide bonds. The Labute approximate surface area is 431 Å². The molecule has 11 heteroatoms. The molecule has 3 aliphatic heterocycles. The first kappa shape index (κ1) is 68.3. The van der Waals surface area contributed by atoms with Gasteiger partial charge in [0.05, 0.1) is 18.3 Å². The topological polar surface area (TPSA) is 181 Å². The second-order valence-corrected chi connectivity index (χ2v) is 19.3. The number of carboxylic acid groups (broad SMARTS) is 3. The molecule has 3 fully saturated rings. The molecule has 0 bridgehead atoms. The standard InChI is InChI=1S/3C18H32O3.C3H7O.Ti/c3*1-2-3-4-10-13-16-17(21-16)14-11-8-6-5-7-9-12-15-18(19)20;1-3(2)4;/h3*11,14,16-17H,2-10,12-13,15H2,1H3,(H,19,20);3H,1-2H3;/q;;;-1;+4/p-3. The third kappa shape index (κ3) is 52.0. The van der Waals surface area contributed by atoms with Crippen molar-refractivity contribution in [2.75, 3.05) is 0 Å². The predicted octanol–water partition coefficient (Wildman–Crippen LogP) is 11.0. The number of ether oxygens (including phenoxy) is 3. The normalized spacial score (nSPS) is 20.0. The first-order chi connectivity index (χ1) is 32.4. The fourth-order valence-corrected chi connectivity index (χ4v) is 7.87. The molecule has 0 aromatic rings. The second kappa shape index (κ2) is 50.1. The number of carboxylic acids is 3. The maximum Gasteiger partial charge on any atom is 4.00 e. The Morgan fingerprint density at radius 1 is 0.397 bits per heavy atom. The zero-order chi connectivity index (χ0) is 49.6. The van der Waals surface area contributed by atoms with Crippen molar-refractivity contribution in [3.05, 3.63) is 36.5 Å². The van der Waals surface area contributed by atoms with Crippen molar-refractivity contribution in [1.29, 1.82) is 0 Å². The van der Waals surface area contributed by atoms with Crippen LogP contribution in [0, 0.1) is 0 Å². The molecule has 0 aliphatic carbocycles. The van der Waals surface area contributed by atoms with E-state index in [1.165, 1.54) is 135 Å². The maximum absolute atomic E-state index is 10.2. The number of unbranched alkanes of at least 4 members (excludes halogenated alkanes) is 24. The Hall–Kier alpha value is -1.82. The molecule has 3 saturated heterocycles. The summed E-state index contributed by atoms with van der Waals surface area (Å²) in [5.41, 5.74) is 0. The molecule has 3 rings (SSSR count). The van der Waals surface area contributed by atoms with E-state index in [0.29, 0.717) is 36.6 Å². The summed E-state index contributed by atoms with van der Waals surface area (Å²) < 4.78 is 16.9. The minimum Gasteiger partial charge on any atom is -0.852 e. The number of allylic oxidation sites excluding steroid dienone is 3. The molecule has 6 atom stereocenters. The Balaban J connectivity index is 0. The second-order valence-electron chi connectivity index (χ2n) is 19.3. The third-order valence-corrected chi connectivity index (χ3v) is 12.1. The van der Waals surface area contributed by atoms with Crippen LogP contribution in [0.2, 0.25) is 0 Å². The van der Waals surface area contributed by atoms with Crippen LogP contribution in [0.5, 0.6) is 0 Å². The van der Waals surface area contributed by atoms with Crippen LogP contribution in [0.4, 0.5) is 0 Å². The van der Waals surface area contributed by atoms with Crippen LogP contribution in [0.25, 0.3) is 0 Å². The summed E-state index contributed by atoms with van der Waals surface area (Å²) >= 11 is 0. The van der Waals surface area contributed by atoms with Gasteiger partial charge in [0.15, 0.2) is 0 Å². The molecular weight excluding hydrogens is 892 g/mol. The van der Waals surface area contributed by atoms with Gasteiger partial charge in [-0.3, -0.25) is 0 Å². The molecule has 6 unspecified atom stereocenters. The Bertz CT molecular complexity index is 1090.